The number of nitrogens with zero attached hydrogens (tertiary/aromatic N) is 2. The maximum absolute atomic E-state index is 12.3. The van der Waals surface area contributed by atoms with Gasteiger partial charge in [-0.25, -0.2) is 5.01 Å². The van der Waals surface area contributed by atoms with Gasteiger partial charge in [-0.15, -0.1) is 0 Å². The predicted octanol–water partition coefficient (Wildman–Crippen LogP) is 2.47. The molecule has 5 nitrogen and oxygen atoms in total. The first-order chi connectivity index (χ1) is 9.93. The maximum atomic E-state index is 12.3. The van der Waals surface area contributed by atoms with Crippen LogP contribution in [0.15, 0.2) is 35.4 Å². The Morgan fingerprint density at radius 3 is 2.57 bits per heavy atom. The van der Waals surface area contributed by atoms with Gasteiger partial charge in [-0.3, -0.25) is 9.59 Å². The van der Waals surface area contributed by atoms with E-state index in [-0.39, 0.29) is 17.4 Å². The second-order valence-electron chi connectivity index (χ2n) is 5.78. The van der Waals surface area contributed by atoms with Crippen LogP contribution in [0.25, 0.3) is 0 Å². The molecule has 1 N–H and O–H groups in total. The van der Waals surface area contributed by atoms with Gasteiger partial charge in [0.15, 0.2) is 0 Å². The fourth-order valence-corrected chi connectivity index (χ4v) is 1.96. The fourth-order valence-electron chi connectivity index (χ4n) is 1.96. The van der Waals surface area contributed by atoms with Crippen LogP contribution in [0.5, 0.6) is 0 Å². The Kier molecular flexibility index (Phi) is 4.40. The topological polar surface area (TPSA) is 61.8 Å². The van der Waals surface area contributed by atoms with Gasteiger partial charge < -0.3 is 5.32 Å². The highest BCUT2D eigenvalue weighted by Crippen LogP contribution is 2.20. The molecule has 1 aliphatic heterocycles. The van der Waals surface area contributed by atoms with E-state index in [4.69, 9.17) is 0 Å². The van der Waals surface area contributed by atoms with E-state index in [1.165, 1.54) is 5.01 Å². The summed E-state index contributed by atoms with van der Waals surface area (Å²) in [6.45, 7) is 5.95. The second kappa shape index (κ2) is 6.08. The lowest BCUT2D eigenvalue weighted by Crippen LogP contribution is -2.47. The molecule has 0 saturated carbocycles. The molecule has 1 aromatic rings. The van der Waals surface area contributed by atoms with Crippen molar-refractivity contribution in [2.75, 3.05) is 5.01 Å². The first-order valence-corrected chi connectivity index (χ1v) is 7.21. The highest BCUT2D eigenvalue weighted by atomic mass is 16.2. The standard InChI is InChI=1S/C16H21N3O2/c1-4-16(2,3)17-15(21)13-10-11-14(20)19(18-13)12-8-6-5-7-9-12/h5-9H,4,10-11H2,1-3H3,(H,17,21). The van der Waals surface area contributed by atoms with E-state index >= 15 is 0 Å². The summed E-state index contributed by atoms with van der Waals surface area (Å²) in [6.07, 6.45) is 1.51. The molecule has 5 heteroatoms. The van der Waals surface area contributed by atoms with Crippen LogP contribution in [0, 0.1) is 0 Å². The van der Waals surface area contributed by atoms with Gasteiger partial charge in [-0.2, -0.15) is 5.10 Å². The van der Waals surface area contributed by atoms with E-state index < -0.39 is 0 Å². The van der Waals surface area contributed by atoms with E-state index in [2.05, 4.69) is 10.4 Å². The number of rotatable bonds is 4. The molecule has 112 valence electrons. The van der Waals surface area contributed by atoms with E-state index in [1.54, 1.807) is 12.1 Å². The Balaban J connectivity index is 2.21. The summed E-state index contributed by atoms with van der Waals surface area (Å²) in [7, 11) is 0. The van der Waals surface area contributed by atoms with Crippen molar-refractivity contribution in [1.82, 2.24) is 5.32 Å². The molecule has 0 radical (unpaired) electrons. The van der Waals surface area contributed by atoms with E-state index in [0.717, 1.165) is 6.42 Å². The first-order valence-electron chi connectivity index (χ1n) is 7.21. The van der Waals surface area contributed by atoms with E-state index in [9.17, 15) is 9.59 Å². The molecule has 0 unspecified atom stereocenters. The number of nitrogens with one attached hydrogen (secondary N) is 1. The number of amides is 2. The van der Waals surface area contributed by atoms with Crippen molar-refractivity contribution in [3.05, 3.63) is 30.3 Å². The number of hydrazone groups is 1. The minimum absolute atomic E-state index is 0.0903. The summed E-state index contributed by atoms with van der Waals surface area (Å²) in [6, 6.07) is 9.16. The summed E-state index contributed by atoms with van der Waals surface area (Å²) in [4.78, 5) is 24.3. The summed E-state index contributed by atoms with van der Waals surface area (Å²) < 4.78 is 0. The molecule has 0 atom stereocenters. The van der Waals surface area contributed by atoms with Crippen LogP contribution in [0.3, 0.4) is 0 Å². The number of carbonyl (C=O) groups is 2. The molecule has 0 aromatic heterocycles. The van der Waals surface area contributed by atoms with Crippen LogP contribution in [0.2, 0.25) is 0 Å². The van der Waals surface area contributed by atoms with Gasteiger partial charge in [-0.05, 0) is 32.4 Å². The molecule has 1 aromatic carbocycles. The molecule has 1 heterocycles. The third-order valence-electron chi connectivity index (χ3n) is 3.63. The van der Waals surface area contributed by atoms with Gasteiger partial charge >= 0.3 is 0 Å². The molecule has 21 heavy (non-hydrogen) atoms. The van der Waals surface area contributed by atoms with Crippen LogP contribution in [0.4, 0.5) is 5.69 Å². The summed E-state index contributed by atoms with van der Waals surface area (Å²) in [5.41, 5.74) is 0.806. The van der Waals surface area contributed by atoms with Gasteiger partial charge in [0.25, 0.3) is 5.91 Å². The van der Waals surface area contributed by atoms with Crippen LogP contribution < -0.4 is 10.3 Å². The van der Waals surface area contributed by atoms with Crippen molar-refractivity contribution in [3.63, 3.8) is 0 Å². The molecular formula is C16H21N3O2. The smallest absolute Gasteiger partial charge is 0.267 e. The fraction of sp³-hybridized carbons (Fsp3) is 0.438. The number of benzene rings is 1. The van der Waals surface area contributed by atoms with Crippen molar-refractivity contribution in [1.29, 1.82) is 0 Å². The van der Waals surface area contributed by atoms with Crippen LogP contribution in [-0.4, -0.2) is 23.1 Å². The third kappa shape index (κ3) is 3.68. The molecule has 0 aliphatic carbocycles. The van der Waals surface area contributed by atoms with E-state index in [0.29, 0.717) is 24.2 Å². The molecule has 1 aliphatic rings. The average Bonchev–Trinajstić information content (AvgIpc) is 2.48. The Bertz CT molecular complexity index is 564. The lowest BCUT2D eigenvalue weighted by molar-refractivity contribution is -0.119. The van der Waals surface area contributed by atoms with E-state index in [1.807, 2.05) is 39.0 Å². The second-order valence-corrected chi connectivity index (χ2v) is 5.78. The summed E-state index contributed by atoms with van der Waals surface area (Å²) >= 11 is 0. The number of para-hydroxylation sites is 1. The van der Waals surface area contributed by atoms with Crippen molar-refractivity contribution < 1.29 is 9.59 Å². The zero-order valence-electron chi connectivity index (χ0n) is 12.7. The Morgan fingerprint density at radius 1 is 1.29 bits per heavy atom. The molecule has 0 fully saturated rings. The largest absolute Gasteiger partial charge is 0.346 e. The lowest BCUT2D eigenvalue weighted by Gasteiger charge is -2.27. The molecular weight excluding hydrogens is 266 g/mol. The zero-order chi connectivity index (χ0) is 15.5. The maximum Gasteiger partial charge on any atom is 0.267 e. The highest BCUT2D eigenvalue weighted by molar-refractivity contribution is 6.40. The highest BCUT2D eigenvalue weighted by Gasteiger charge is 2.28. The molecule has 0 saturated heterocycles. The average molecular weight is 287 g/mol. The molecule has 0 spiro atoms. The number of hydrogen-bond acceptors (Lipinski definition) is 3. The van der Waals surface area contributed by atoms with Crippen molar-refractivity contribution in [3.8, 4) is 0 Å². The third-order valence-corrected chi connectivity index (χ3v) is 3.63. The predicted molar refractivity (Wildman–Crippen MR) is 83.1 cm³/mol. The Labute approximate surface area is 125 Å². The zero-order valence-corrected chi connectivity index (χ0v) is 12.7. The van der Waals surface area contributed by atoms with Crippen molar-refractivity contribution >= 4 is 23.2 Å². The normalized spacial score (nSPS) is 15.7. The quantitative estimate of drug-likeness (QED) is 0.924. The SMILES string of the molecule is CCC(C)(C)NC(=O)C1=NN(c2ccccc2)C(=O)CC1. The minimum Gasteiger partial charge on any atom is -0.346 e. The van der Waals surface area contributed by atoms with Crippen LogP contribution in [0.1, 0.15) is 40.0 Å². The van der Waals surface area contributed by atoms with Gasteiger partial charge in [-0.1, -0.05) is 25.1 Å². The summed E-state index contributed by atoms with van der Waals surface area (Å²) in [5.74, 6) is -0.289. The van der Waals surface area contributed by atoms with Crippen LogP contribution in [-0.2, 0) is 9.59 Å². The van der Waals surface area contributed by atoms with Gasteiger partial charge in [0.2, 0.25) is 5.91 Å². The first kappa shape index (κ1) is 15.2. The Morgan fingerprint density at radius 2 is 1.95 bits per heavy atom. The lowest BCUT2D eigenvalue weighted by atomic mass is 10.0. The van der Waals surface area contributed by atoms with Gasteiger partial charge in [0.1, 0.15) is 5.71 Å². The Hall–Kier alpha value is -2.17. The monoisotopic (exact) mass is 287 g/mol. The molecule has 2 rings (SSSR count). The number of anilines is 1. The van der Waals surface area contributed by atoms with Crippen molar-refractivity contribution in [2.24, 2.45) is 5.10 Å². The number of carbonyl (C=O) groups excluding carboxylic acids is 2. The molecule has 0 bridgehead atoms. The van der Waals surface area contributed by atoms with Crippen LogP contribution >= 0.6 is 0 Å². The molecule has 2 amide bonds. The number of hydrogen-bond donors (Lipinski definition) is 1. The van der Waals surface area contributed by atoms with Crippen molar-refractivity contribution in [2.45, 2.75) is 45.6 Å². The van der Waals surface area contributed by atoms with Gasteiger partial charge in [0.05, 0.1) is 5.69 Å². The van der Waals surface area contributed by atoms with Gasteiger partial charge in [0, 0.05) is 18.4 Å². The summed E-state index contributed by atoms with van der Waals surface area (Å²) in [5, 5.41) is 8.51. The minimum atomic E-state index is -0.279.